The molecule has 6 nitrogen and oxygen atoms in total. The van der Waals surface area contributed by atoms with Crippen molar-refractivity contribution in [1.29, 1.82) is 0 Å². The van der Waals surface area contributed by atoms with Gasteiger partial charge in [0.05, 0.1) is 12.3 Å². The lowest BCUT2D eigenvalue weighted by atomic mass is 9.86. The summed E-state index contributed by atoms with van der Waals surface area (Å²) in [6, 6.07) is 7.50. The number of aliphatic carboxylic acids is 1. The second-order valence-corrected chi connectivity index (χ2v) is 5.76. The van der Waals surface area contributed by atoms with Gasteiger partial charge in [-0.1, -0.05) is 17.3 Å². The first-order valence-corrected chi connectivity index (χ1v) is 7.49. The number of hydrogen-bond acceptors (Lipinski definition) is 4. The highest BCUT2D eigenvalue weighted by Crippen LogP contribution is 2.24. The van der Waals surface area contributed by atoms with Gasteiger partial charge in [0.2, 0.25) is 5.91 Å². The van der Waals surface area contributed by atoms with Crippen LogP contribution in [-0.4, -0.2) is 28.2 Å². The molecule has 1 aliphatic rings. The lowest BCUT2D eigenvalue weighted by Crippen LogP contribution is -2.39. The van der Waals surface area contributed by atoms with Gasteiger partial charge in [-0.25, -0.2) is 0 Å². The Morgan fingerprint density at radius 3 is 2.68 bits per heavy atom. The van der Waals surface area contributed by atoms with E-state index in [1.165, 1.54) is 0 Å². The number of carbonyl (C=O) groups excluding carboxylic acids is 1. The van der Waals surface area contributed by atoms with Crippen LogP contribution >= 0.6 is 0 Å². The fraction of sp³-hybridized carbons (Fsp3) is 0.438. The molecule has 0 unspecified atom stereocenters. The van der Waals surface area contributed by atoms with Crippen LogP contribution in [0.5, 0.6) is 0 Å². The zero-order valence-corrected chi connectivity index (χ0v) is 12.1. The third kappa shape index (κ3) is 3.10. The van der Waals surface area contributed by atoms with Crippen molar-refractivity contribution in [1.82, 2.24) is 10.5 Å². The number of carboxylic acids is 1. The number of carbonyl (C=O) groups is 2. The normalized spacial score (nSPS) is 21.6. The molecule has 0 bridgehead atoms. The zero-order valence-electron chi connectivity index (χ0n) is 12.1. The second kappa shape index (κ2) is 6.17. The Hall–Kier alpha value is -2.37. The Labute approximate surface area is 127 Å². The number of fused-ring (bicyclic) bond motifs is 1. The van der Waals surface area contributed by atoms with Crippen LogP contribution in [-0.2, 0) is 16.0 Å². The van der Waals surface area contributed by atoms with E-state index in [1.807, 2.05) is 24.3 Å². The van der Waals surface area contributed by atoms with Gasteiger partial charge in [0.1, 0.15) is 5.69 Å². The van der Waals surface area contributed by atoms with E-state index in [2.05, 4.69) is 10.5 Å². The molecule has 1 heterocycles. The molecule has 1 aromatic heterocycles. The molecule has 0 saturated heterocycles. The van der Waals surface area contributed by atoms with Crippen LogP contribution in [0.3, 0.4) is 0 Å². The quantitative estimate of drug-likeness (QED) is 0.902. The van der Waals surface area contributed by atoms with E-state index in [1.54, 1.807) is 0 Å². The lowest BCUT2D eigenvalue weighted by Gasteiger charge is -2.26. The van der Waals surface area contributed by atoms with Crippen LogP contribution in [0.15, 0.2) is 28.8 Å². The summed E-state index contributed by atoms with van der Waals surface area (Å²) in [5.74, 6) is -1.11. The van der Waals surface area contributed by atoms with Gasteiger partial charge in [-0.2, -0.15) is 0 Å². The second-order valence-electron chi connectivity index (χ2n) is 5.76. The summed E-state index contributed by atoms with van der Waals surface area (Å²) >= 11 is 0. The van der Waals surface area contributed by atoms with Gasteiger partial charge >= 0.3 is 5.97 Å². The summed E-state index contributed by atoms with van der Waals surface area (Å²) in [4.78, 5) is 23.0. The van der Waals surface area contributed by atoms with E-state index in [9.17, 15) is 9.59 Å². The number of rotatable bonds is 4. The van der Waals surface area contributed by atoms with Crippen LogP contribution in [0, 0.1) is 5.92 Å². The van der Waals surface area contributed by atoms with Crippen molar-refractivity contribution in [3.8, 4) is 0 Å². The van der Waals surface area contributed by atoms with Crippen molar-refractivity contribution in [3.05, 3.63) is 30.0 Å². The maximum absolute atomic E-state index is 12.1. The number of benzene rings is 1. The molecule has 0 atom stereocenters. The number of nitrogens with zero attached hydrogens (tertiary/aromatic N) is 1. The summed E-state index contributed by atoms with van der Waals surface area (Å²) in [7, 11) is 0. The molecular weight excluding hydrogens is 284 g/mol. The van der Waals surface area contributed by atoms with E-state index in [0.29, 0.717) is 37.0 Å². The van der Waals surface area contributed by atoms with Crippen LogP contribution in [0.2, 0.25) is 0 Å². The molecule has 2 N–H and O–H groups in total. The van der Waals surface area contributed by atoms with E-state index in [-0.39, 0.29) is 24.3 Å². The molecule has 1 aliphatic carbocycles. The Morgan fingerprint density at radius 1 is 1.23 bits per heavy atom. The number of nitrogens with one attached hydrogen (secondary N) is 1. The van der Waals surface area contributed by atoms with Gasteiger partial charge in [0, 0.05) is 11.4 Å². The van der Waals surface area contributed by atoms with Gasteiger partial charge in [0.15, 0.2) is 5.58 Å². The van der Waals surface area contributed by atoms with Crippen molar-refractivity contribution < 1.29 is 19.2 Å². The fourth-order valence-electron chi connectivity index (χ4n) is 2.98. The number of aromatic nitrogens is 1. The molecule has 0 spiro atoms. The standard InChI is InChI=1S/C16H18N2O4/c19-15(17-11-7-5-10(6-8-11)16(20)21)9-13-12-3-1-2-4-14(12)22-18-13/h1-4,10-11H,5-9H2,(H,17,19)(H,20,21). The third-order valence-electron chi connectivity index (χ3n) is 4.22. The van der Waals surface area contributed by atoms with Gasteiger partial charge in [-0.3, -0.25) is 9.59 Å². The predicted molar refractivity (Wildman–Crippen MR) is 79.2 cm³/mol. The van der Waals surface area contributed by atoms with Crippen molar-refractivity contribution in [2.75, 3.05) is 0 Å². The fourth-order valence-corrected chi connectivity index (χ4v) is 2.98. The zero-order chi connectivity index (χ0) is 15.5. The summed E-state index contributed by atoms with van der Waals surface area (Å²) in [5.41, 5.74) is 1.31. The van der Waals surface area contributed by atoms with Crippen LogP contribution < -0.4 is 5.32 Å². The monoisotopic (exact) mass is 302 g/mol. The minimum absolute atomic E-state index is 0.0567. The molecular formula is C16H18N2O4. The first kappa shape index (κ1) is 14.6. The predicted octanol–water partition coefficient (Wildman–Crippen LogP) is 2.13. The molecule has 22 heavy (non-hydrogen) atoms. The van der Waals surface area contributed by atoms with Crippen LogP contribution in [0.1, 0.15) is 31.4 Å². The Kier molecular flexibility index (Phi) is 4.09. The molecule has 6 heteroatoms. The average molecular weight is 302 g/mol. The van der Waals surface area contributed by atoms with E-state index >= 15 is 0 Å². The van der Waals surface area contributed by atoms with Crippen molar-refractivity contribution in [3.63, 3.8) is 0 Å². The number of carboxylic acid groups (broad SMARTS) is 1. The molecule has 1 amide bonds. The lowest BCUT2D eigenvalue weighted by molar-refractivity contribution is -0.142. The Bertz CT molecular complexity index is 686. The van der Waals surface area contributed by atoms with Crippen molar-refractivity contribution >= 4 is 22.8 Å². The summed E-state index contributed by atoms with van der Waals surface area (Å²) < 4.78 is 5.19. The summed E-state index contributed by atoms with van der Waals surface area (Å²) in [5, 5.41) is 16.7. The molecule has 1 saturated carbocycles. The minimum Gasteiger partial charge on any atom is -0.481 e. The van der Waals surface area contributed by atoms with Gasteiger partial charge in [-0.05, 0) is 37.8 Å². The van der Waals surface area contributed by atoms with E-state index in [0.717, 1.165) is 5.39 Å². The van der Waals surface area contributed by atoms with Crippen LogP contribution in [0.4, 0.5) is 0 Å². The number of para-hydroxylation sites is 1. The van der Waals surface area contributed by atoms with E-state index < -0.39 is 5.97 Å². The molecule has 116 valence electrons. The smallest absolute Gasteiger partial charge is 0.306 e. The topological polar surface area (TPSA) is 92.4 Å². The molecule has 1 fully saturated rings. The first-order valence-electron chi connectivity index (χ1n) is 7.49. The van der Waals surface area contributed by atoms with Gasteiger partial charge in [0.25, 0.3) is 0 Å². The highest BCUT2D eigenvalue weighted by Gasteiger charge is 2.26. The molecule has 2 aromatic rings. The SMILES string of the molecule is O=C(Cc1noc2ccccc12)NC1CCC(C(=O)O)CC1. The summed E-state index contributed by atoms with van der Waals surface area (Å²) in [6.07, 6.45) is 2.83. The average Bonchev–Trinajstić information content (AvgIpc) is 2.91. The maximum atomic E-state index is 12.1. The molecule has 0 aliphatic heterocycles. The highest BCUT2D eigenvalue weighted by atomic mass is 16.5. The minimum atomic E-state index is -0.737. The molecule has 0 radical (unpaired) electrons. The largest absolute Gasteiger partial charge is 0.481 e. The number of hydrogen-bond donors (Lipinski definition) is 2. The van der Waals surface area contributed by atoms with E-state index in [4.69, 9.17) is 9.63 Å². The molecule has 3 rings (SSSR count). The van der Waals surface area contributed by atoms with Gasteiger partial charge in [-0.15, -0.1) is 0 Å². The Morgan fingerprint density at radius 2 is 1.95 bits per heavy atom. The molecule has 1 aromatic carbocycles. The highest BCUT2D eigenvalue weighted by molar-refractivity contribution is 5.86. The maximum Gasteiger partial charge on any atom is 0.306 e. The van der Waals surface area contributed by atoms with Crippen molar-refractivity contribution in [2.45, 2.75) is 38.1 Å². The summed E-state index contributed by atoms with van der Waals surface area (Å²) in [6.45, 7) is 0. The Balaban J connectivity index is 1.56. The van der Waals surface area contributed by atoms with Crippen LogP contribution in [0.25, 0.3) is 11.0 Å². The number of amides is 1. The first-order chi connectivity index (χ1) is 10.6. The third-order valence-corrected chi connectivity index (χ3v) is 4.22. The van der Waals surface area contributed by atoms with Gasteiger partial charge < -0.3 is 14.9 Å². The van der Waals surface area contributed by atoms with Crippen molar-refractivity contribution in [2.24, 2.45) is 5.92 Å².